The van der Waals surface area contributed by atoms with E-state index in [4.69, 9.17) is 16.6 Å². The van der Waals surface area contributed by atoms with Crippen LogP contribution in [0.15, 0.2) is 24.3 Å². The van der Waals surface area contributed by atoms with Crippen molar-refractivity contribution in [2.75, 3.05) is 51.7 Å². The molecule has 1 aliphatic rings. The molecule has 0 N–H and O–H groups in total. The highest BCUT2D eigenvalue weighted by molar-refractivity contribution is 6.35. The summed E-state index contributed by atoms with van der Waals surface area (Å²) >= 11 is 6.26. The number of hydrogen-bond donors (Lipinski definition) is 0. The zero-order valence-corrected chi connectivity index (χ0v) is 15.2. The Balaban J connectivity index is 1.74. The quantitative estimate of drug-likeness (QED) is 0.855. The van der Waals surface area contributed by atoms with Crippen LogP contribution in [-0.4, -0.2) is 67.5 Å². The van der Waals surface area contributed by atoms with Crippen molar-refractivity contribution in [2.24, 2.45) is 0 Å². The molecule has 1 aromatic heterocycles. The molecule has 1 aliphatic heterocycles. The number of rotatable bonds is 3. The second kappa shape index (κ2) is 6.95. The van der Waals surface area contributed by atoms with Gasteiger partial charge in [-0.1, -0.05) is 17.7 Å². The number of carbonyl (C=O) groups is 1. The zero-order chi connectivity index (χ0) is 17.3. The fourth-order valence-electron chi connectivity index (χ4n) is 3.04. The van der Waals surface area contributed by atoms with Crippen LogP contribution in [0.5, 0.6) is 0 Å². The molecule has 1 amide bonds. The van der Waals surface area contributed by atoms with Gasteiger partial charge in [-0.05, 0) is 44.8 Å². The Morgan fingerprint density at radius 2 is 1.88 bits per heavy atom. The molecule has 0 spiro atoms. The van der Waals surface area contributed by atoms with Gasteiger partial charge in [0.05, 0.1) is 12.1 Å². The van der Waals surface area contributed by atoms with Gasteiger partial charge in [-0.3, -0.25) is 4.79 Å². The number of fused-ring (bicyclic) bond motifs is 1. The van der Waals surface area contributed by atoms with Crippen LogP contribution in [0.2, 0.25) is 5.02 Å². The number of aryl methyl sites for hydroxylation is 1. The molecule has 1 aromatic carbocycles. The van der Waals surface area contributed by atoms with Gasteiger partial charge in [0.15, 0.2) is 0 Å². The molecule has 0 bridgehead atoms. The molecule has 1 fully saturated rings. The van der Waals surface area contributed by atoms with Gasteiger partial charge in [-0.15, -0.1) is 0 Å². The van der Waals surface area contributed by atoms with Crippen molar-refractivity contribution in [3.8, 4) is 0 Å². The lowest BCUT2D eigenvalue weighted by atomic mass is 10.1. The summed E-state index contributed by atoms with van der Waals surface area (Å²) in [5.74, 6) is 1.14. The van der Waals surface area contributed by atoms with E-state index >= 15 is 0 Å². The first-order valence-electron chi connectivity index (χ1n) is 8.19. The Labute approximate surface area is 147 Å². The van der Waals surface area contributed by atoms with Crippen LogP contribution >= 0.6 is 11.6 Å². The van der Waals surface area contributed by atoms with Crippen LogP contribution in [0.1, 0.15) is 5.56 Å². The topological polar surface area (TPSA) is 39.7 Å². The van der Waals surface area contributed by atoms with Crippen molar-refractivity contribution in [3.63, 3.8) is 0 Å². The molecule has 0 atom stereocenters. The SMILES string of the molecule is Cc1ccc(Cl)c2ccc(N3CCN(C(=O)CN(C)C)CC3)nc12. The van der Waals surface area contributed by atoms with Gasteiger partial charge in [0.1, 0.15) is 5.82 Å². The van der Waals surface area contributed by atoms with Crippen molar-refractivity contribution >= 4 is 34.2 Å². The minimum absolute atomic E-state index is 0.189. The van der Waals surface area contributed by atoms with E-state index < -0.39 is 0 Å². The molecular weight excluding hydrogens is 324 g/mol. The number of piperazine rings is 1. The number of aromatic nitrogens is 1. The third kappa shape index (κ3) is 3.47. The number of anilines is 1. The number of hydrogen-bond acceptors (Lipinski definition) is 4. The average Bonchev–Trinajstić information content (AvgIpc) is 2.57. The van der Waals surface area contributed by atoms with Crippen molar-refractivity contribution in [3.05, 3.63) is 34.9 Å². The zero-order valence-electron chi connectivity index (χ0n) is 14.4. The molecule has 6 heteroatoms. The van der Waals surface area contributed by atoms with Crippen LogP contribution in [-0.2, 0) is 4.79 Å². The van der Waals surface area contributed by atoms with Crippen LogP contribution < -0.4 is 4.90 Å². The van der Waals surface area contributed by atoms with E-state index in [-0.39, 0.29) is 5.91 Å². The summed E-state index contributed by atoms with van der Waals surface area (Å²) in [4.78, 5) is 23.0. The molecular formula is C18H23ClN4O. The third-order valence-corrected chi connectivity index (χ3v) is 4.73. The Morgan fingerprint density at radius 3 is 2.54 bits per heavy atom. The molecule has 0 saturated carbocycles. The average molecular weight is 347 g/mol. The van der Waals surface area contributed by atoms with E-state index in [0.29, 0.717) is 6.54 Å². The predicted molar refractivity (Wildman–Crippen MR) is 98.8 cm³/mol. The van der Waals surface area contributed by atoms with Crippen molar-refractivity contribution < 1.29 is 4.79 Å². The summed E-state index contributed by atoms with van der Waals surface area (Å²) in [6, 6.07) is 7.97. The van der Waals surface area contributed by atoms with Crippen LogP contribution in [0.25, 0.3) is 10.9 Å². The van der Waals surface area contributed by atoms with Gasteiger partial charge in [0, 0.05) is 36.6 Å². The first-order chi connectivity index (χ1) is 11.5. The van der Waals surface area contributed by atoms with Gasteiger partial charge in [-0.25, -0.2) is 4.98 Å². The molecule has 24 heavy (non-hydrogen) atoms. The Bertz CT molecular complexity index is 754. The Morgan fingerprint density at radius 1 is 1.17 bits per heavy atom. The predicted octanol–water partition coefficient (Wildman–Crippen LogP) is 2.41. The number of amides is 1. The molecule has 0 aliphatic carbocycles. The van der Waals surface area contributed by atoms with Crippen LogP contribution in [0.3, 0.4) is 0 Å². The highest BCUT2D eigenvalue weighted by atomic mass is 35.5. The number of halogens is 1. The highest BCUT2D eigenvalue weighted by Crippen LogP contribution is 2.27. The number of likely N-dealkylation sites (N-methyl/N-ethyl adjacent to an activating group) is 1. The molecule has 0 unspecified atom stereocenters. The normalized spacial score (nSPS) is 15.4. The molecule has 0 radical (unpaired) electrons. The first-order valence-corrected chi connectivity index (χ1v) is 8.57. The first kappa shape index (κ1) is 17.0. The van der Waals surface area contributed by atoms with Crippen LogP contribution in [0.4, 0.5) is 5.82 Å². The summed E-state index contributed by atoms with van der Waals surface area (Å²) in [5, 5.41) is 1.72. The van der Waals surface area contributed by atoms with Gasteiger partial charge >= 0.3 is 0 Å². The lowest BCUT2D eigenvalue weighted by Gasteiger charge is -2.36. The molecule has 128 valence electrons. The van der Waals surface area contributed by atoms with E-state index in [2.05, 4.69) is 4.90 Å². The summed E-state index contributed by atoms with van der Waals surface area (Å²) in [5.41, 5.74) is 2.07. The Kier molecular flexibility index (Phi) is 4.92. The minimum atomic E-state index is 0.189. The number of pyridine rings is 1. The summed E-state index contributed by atoms with van der Waals surface area (Å²) < 4.78 is 0. The summed E-state index contributed by atoms with van der Waals surface area (Å²) in [6.45, 7) is 5.59. The second-order valence-corrected chi connectivity index (χ2v) is 6.94. The molecule has 5 nitrogen and oxygen atoms in total. The van der Waals surface area contributed by atoms with Crippen LogP contribution in [0, 0.1) is 6.92 Å². The number of carbonyl (C=O) groups excluding carboxylic acids is 1. The fraction of sp³-hybridized carbons (Fsp3) is 0.444. The standard InChI is InChI=1S/C18H23ClN4O/c1-13-4-6-15(19)14-5-7-16(20-18(13)14)22-8-10-23(11-9-22)17(24)12-21(2)3/h4-7H,8-12H2,1-3H3. The van der Waals surface area contributed by atoms with E-state index in [1.165, 1.54) is 0 Å². The maximum absolute atomic E-state index is 12.1. The van der Waals surface area contributed by atoms with Gasteiger partial charge < -0.3 is 14.7 Å². The van der Waals surface area contributed by atoms with Crippen molar-refractivity contribution in [1.29, 1.82) is 0 Å². The third-order valence-electron chi connectivity index (χ3n) is 4.40. The minimum Gasteiger partial charge on any atom is -0.353 e. The van der Waals surface area contributed by atoms with E-state index in [1.54, 1.807) is 0 Å². The monoisotopic (exact) mass is 346 g/mol. The largest absolute Gasteiger partial charge is 0.353 e. The van der Waals surface area contributed by atoms with E-state index in [9.17, 15) is 4.79 Å². The maximum atomic E-state index is 12.1. The van der Waals surface area contributed by atoms with Crippen molar-refractivity contribution in [2.45, 2.75) is 6.92 Å². The lowest BCUT2D eigenvalue weighted by Crippen LogP contribution is -2.50. The van der Waals surface area contributed by atoms with Gasteiger partial charge in [0.2, 0.25) is 5.91 Å². The molecule has 2 heterocycles. The lowest BCUT2D eigenvalue weighted by molar-refractivity contribution is -0.132. The smallest absolute Gasteiger partial charge is 0.236 e. The summed E-state index contributed by atoms with van der Waals surface area (Å²) in [7, 11) is 3.83. The highest BCUT2D eigenvalue weighted by Gasteiger charge is 2.22. The molecule has 2 aromatic rings. The van der Waals surface area contributed by atoms with Gasteiger partial charge in [0.25, 0.3) is 0 Å². The number of nitrogens with zero attached hydrogens (tertiary/aromatic N) is 4. The van der Waals surface area contributed by atoms with E-state index in [0.717, 1.165) is 53.5 Å². The maximum Gasteiger partial charge on any atom is 0.236 e. The fourth-order valence-corrected chi connectivity index (χ4v) is 3.26. The Hall–Kier alpha value is -1.85. The van der Waals surface area contributed by atoms with E-state index in [1.807, 2.05) is 55.1 Å². The molecule has 3 rings (SSSR count). The summed E-state index contributed by atoms with van der Waals surface area (Å²) in [6.07, 6.45) is 0. The van der Waals surface area contributed by atoms with Gasteiger partial charge in [-0.2, -0.15) is 0 Å². The number of benzene rings is 1. The molecule has 1 saturated heterocycles. The van der Waals surface area contributed by atoms with Crippen molar-refractivity contribution in [1.82, 2.24) is 14.8 Å². The second-order valence-electron chi connectivity index (χ2n) is 6.54.